The molecule has 0 fully saturated rings. The lowest BCUT2D eigenvalue weighted by Crippen LogP contribution is -2.39. The Morgan fingerprint density at radius 2 is 2.12 bits per heavy atom. The smallest absolute Gasteiger partial charge is 0.328 e. The van der Waals surface area contributed by atoms with Crippen LogP contribution in [0.3, 0.4) is 0 Å². The van der Waals surface area contributed by atoms with Gasteiger partial charge in [-0.1, -0.05) is 15.9 Å². The van der Waals surface area contributed by atoms with Crippen LogP contribution in [0.5, 0.6) is 0 Å². The predicted octanol–water partition coefficient (Wildman–Crippen LogP) is 1.88. The second-order valence-electron chi connectivity index (χ2n) is 3.34. The van der Waals surface area contributed by atoms with E-state index < -0.39 is 23.7 Å². The maximum Gasteiger partial charge on any atom is 0.328 e. The Bertz CT molecular complexity index is 450. The zero-order valence-corrected chi connectivity index (χ0v) is 10.9. The molecule has 1 N–H and O–H groups in total. The van der Waals surface area contributed by atoms with Crippen LogP contribution in [0.25, 0.3) is 0 Å². The van der Waals surface area contributed by atoms with Crippen LogP contribution in [0.4, 0.5) is 4.39 Å². The van der Waals surface area contributed by atoms with Crippen molar-refractivity contribution in [3.05, 3.63) is 34.1 Å². The number of amides is 1. The molecule has 0 bridgehead atoms. The number of ether oxygens (including phenoxy) is 1. The molecule has 0 spiro atoms. The van der Waals surface area contributed by atoms with Gasteiger partial charge in [0.15, 0.2) is 0 Å². The largest absolute Gasteiger partial charge is 0.467 e. The van der Waals surface area contributed by atoms with Crippen LogP contribution < -0.4 is 5.32 Å². The van der Waals surface area contributed by atoms with Gasteiger partial charge in [0.1, 0.15) is 11.9 Å². The van der Waals surface area contributed by atoms with Crippen molar-refractivity contribution in [3.8, 4) is 0 Å². The number of nitrogens with one attached hydrogen (secondary N) is 1. The summed E-state index contributed by atoms with van der Waals surface area (Å²) in [6.07, 6.45) is 0. The normalized spacial score (nSPS) is 11.8. The second-order valence-corrected chi connectivity index (χ2v) is 4.26. The second kappa shape index (κ2) is 5.77. The topological polar surface area (TPSA) is 55.4 Å². The van der Waals surface area contributed by atoms with Crippen LogP contribution in [0, 0.1) is 5.82 Å². The van der Waals surface area contributed by atoms with Gasteiger partial charge in [0, 0.05) is 4.47 Å². The van der Waals surface area contributed by atoms with Gasteiger partial charge in [-0.05, 0) is 25.1 Å². The highest BCUT2D eigenvalue weighted by Crippen LogP contribution is 2.15. The molecule has 0 aliphatic rings. The van der Waals surface area contributed by atoms with Gasteiger partial charge in [-0.2, -0.15) is 0 Å². The van der Waals surface area contributed by atoms with Gasteiger partial charge >= 0.3 is 5.97 Å². The molecule has 1 aromatic rings. The fourth-order valence-corrected chi connectivity index (χ4v) is 1.52. The molecule has 17 heavy (non-hydrogen) atoms. The molecule has 1 amide bonds. The van der Waals surface area contributed by atoms with E-state index in [1.54, 1.807) is 6.07 Å². The fraction of sp³-hybridized carbons (Fsp3) is 0.273. The number of halogens is 2. The zero-order chi connectivity index (χ0) is 13.0. The number of hydrogen-bond donors (Lipinski definition) is 1. The highest BCUT2D eigenvalue weighted by atomic mass is 79.9. The maximum absolute atomic E-state index is 13.4. The van der Waals surface area contributed by atoms with Crippen LogP contribution in [0.15, 0.2) is 22.7 Å². The molecule has 1 rings (SSSR count). The first-order chi connectivity index (χ1) is 7.95. The summed E-state index contributed by atoms with van der Waals surface area (Å²) in [6.45, 7) is 1.46. The Hall–Kier alpha value is -1.43. The molecule has 6 heteroatoms. The van der Waals surface area contributed by atoms with Crippen molar-refractivity contribution >= 4 is 27.8 Å². The molecule has 1 atom stereocenters. The molecular weight excluding hydrogens is 293 g/mol. The average molecular weight is 304 g/mol. The van der Waals surface area contributed by atoms with Crippen molar-refractivity contribution in [1.29, 1.82) is 0 Å². The highest BCUT2D eigenvalue weighted by Gasteiger charge is 2.19. The lowest BCUT2D eigenvalue weighted by Gasteiger charge is -2.11. The highest BCUT2D eigenvalue weighted by molar-refractivity contribution is 9.10. The van der Waals surface area contributed by atoms with Crippen LogP contribution in [-0.2, 0) is 9.53 Å². The zero-order valence-electron chi connectivity index (χ0n) is 9.29. The van der Waals surface area contributed by atoms with Crippen LogP contribution in [-0.4, -0.2) is 25.0 Å². The Labute approximate surface area is 106 Å². The van der Waals surface area contributed by atoms with E-state index in [0.29, 0.717) is 4.47 Å². The minimum Gasteiger partial charge on any atom is -0.467 e. The molecule has 0 unspecified atom stereocenters. The van der Waals surface area contributed by atoms with Gasteiger partial charge in [-0.15, -0.1) is 0 Å². The Morgan fingerprint density at radius 1 is 1.47 bits per heavy atom. The van der Waals surface area contributed by atoms with E-state index >= 15 is 0 Å². The summed E-state index contributed by atoms with van der Waals surface area (Å²) in [6, 6.07) is 3.23. The summed E-state index contributed by atoms with van der Waals surface area (Å²) >= 11 is 3.08. The van der Waals surface area contributed by atoms with Gasteiger partial charge in [-0.25, -0.2) is 9.18 Å². The van der Waals surface area contributed by atoms with Gasteiger partial charge < -0.3 is 10.1 Å². The lowest BCUT2D eigenvalue weighted by molar-refractivity contribution is -0.142. The van der Waals surface area contributed by atoms with Crippen molar-refractivity contribution in [3.63, 3.8) is 0 Å². The first-order valence-electron chi connectivity index (χ1n) is 4.79. The first-order valence-corrected chi connectivity index (χ1v) is 5.58. The molecule has 0 radical (unpaired) electrons. The molecule has 0 saturated heterocycles. The third kappa shape index (κ3) is 3.52. The number of carbonyl (C=O) groups excluding carboxylic acids is 2. The third-order valence-electron chi connectivity index (χ3n) is 2.08. The minimum atomic E-state index is -0.824. The van der Waals surface area contributed by atoms with E-state index in [1.807, 2.05) is 0 Å². The standard InChI is InChI=1S/C11H11BrFNO3/c1-6(11(16)17-2)14-10(15)8-4-3-7(12)5-9(8)13/h3-6H,1-2H3,(H,14,15)/t6-/m0/s1. The van der Waals surface area contributed by atoms with Crippen LogP contribution in [0.1, 0.15) is 17.3 Å². The van der Waals surface area contributed by atoms with Crippen molar-refractivity contribution < 1.29 is 18.7 Å². The van der Waals surface area contributed by atoms with Crippen LogP contribution in [0.2, 0.25) is 0 Å². The number of rotatable bonds is 3. The number of esters is 1. The summed E-state index contributed by atoms with van der Waals surface area (Å²) in [4.78, 5) is 22.7. The minimum absolute atomic E-state index is 0.121. The van der Waals surface area contributed by atoms with Crippen molar-refractivity contribution in [2.45, 2.75) is 13.0 Å². The molecule has 0 aromatic heterocycles. The molecule has 0 saturated carbocycles. The van der Waals surface area contributed by atoms with E-state index in [9.17, 15) is 14.0 Å². The summed E-state index contributed by atoms with van der Waals surface area (Å²) in [5, 5.41) is 2.34. The summed E-state index contributed by atoms with van der Waals surface area (Å²) < 4.78 is 18.4. The van der Waals surface area contributed by atoms with Gasteiger partial charge in [0.2, 0.25) is 0 Å². The molecule has 0 aliphatic heterocycles. The number of carbonyl (C=O) groups is 2. The molecule has 1 aromatic carbocycles. The Morgan fingerprint density at radius 3 is 2.65 bits per heavy atom. The summed E-state index contributed by atoms with van der Waals surface area (Å²) in [7, 11) is 1.21. The Kier molecular flexibility index (Phi) is 4.62. The van der Waals surface area contributed by atoms with E-state index in [4.69, 9.17) is 0 Å². The third-order valence-corrected chi connectivity index (χ3v) is 2.57. The summed E-state index contributed by atoms with van der Waals surface area (Å²) in [5.74, 6) is -1.90. The quantitative estimate of drug-likeness (QED) is 0.868. The lowest BCUT2D eigenvalue weighted by atomic mass is 10.2. The molecule has 4 nitrogen and oxygen atoms in total. The maximum atomic E-state index is 13.4. The van der Waals surface area contributed by atoms with E-state index in [1.165, 1.54) is 26.2 Å². The SMILES string of the molecule is COC(=O)[C@H](C)NC(=O)c1ccc(Br)cc1F. The van der Waals surface area contributed by atoms with Gasteiger partial charge in [0.05, 0.1) is 12.7 Å². The van der Waals surface area contributed by atoms with Crippen molar-refractivity contribution in [2.75, 3.05) is 7.11 Å². The van der Waals surface area contributed by atoms with Gasteiger partial charge in [-0.3, -0.25) is 4.79 Å². The van der Waals surface area contributed by atoms with E-state index in [2.05, 4.69) is 26.0 Å². The number of methoxy groups -OCH3 is 1. The van der Waals surface area contributed by atoms with E-state index in [0.717, 1.165) is 0 Å². The average Bonchev–Trinajstić information content (AvgIpc) is 2.27. The van der Waals surface area contributed by atoms with Crippen molar-refractivity contribution in [1.82, 2.24) is 5.32 Å². The molecule has 0 heterocycles. The summed E-state index contributed by atoms with van der Waals surface area (Å²) in [5.41, 5.74) is -0.121. The molecule has 92 valence electrons. The molecule has 0 aliphatic carbocycles. The first kappa shape index (κ1) is 13.6. The Balaban J connectivity index is 2.80. The van der Waals surface area contributed by atoms with Crippen LogP contribution >= 0.6 is 15.9 Å². The van der Waals surface area contributed by atoms with Gasteiger partial charge in [0.25, 0.3) is 5.91 Å². The molecular formula is C11H11BrFNO3. The number of hydrogen-bond acceptors (Lipinski definition) is 3. The fourth-order valence-electron chi connectivity index (χ4n) is 1.18. The predicted molar refractivity (Wildman–Crippen MR) is 63.0 cm³/mol. The monoisotopic (exact) mass is 303 g/mol. The number of benzene rings is 1. The van der Waals surface area contributed by atoms with Crippen molar-refractivity contribution in [2.24, 2.45) is 0 Å². The van der Waals surface area contributed by atoms with E-state index in [-0.39, 0.29) is 5.56 Å².